The summed E-state index contributed by atoms with van der Waals surface area (Å²) in [5.74, 6) is -1.02. The molecule has 33 heavy (non-hydrogen) atoms. The molecular weight excluding hydrogens is 438 g/mol. The second-order valence-corrected chi connectivity index (χ2v) is 9.02. The van der Waals surface area contributed by atoms with E-state index in [0.717, 1.165) is 28.9 Å². The average molecular weight is 460 g/mol. The van der Waals surface area contributed by atoms with Crippen LogP contribution in [0.3, 0.4) is 0 Å². The second-order valence-electron chi connectivity index (χ2n) is 8.16. The fourth-order valence-corrected chi connectivity index (χ4v) is 5.18. The van der Waals surface area contributed by atoms with Gasteiger partial charge >= 0.3 is 5.97 Å². The minimum Gasteiger partial charge on any atom is -0.478 e. The summed E-state index contributed by atoms with van der Waals surface area (Å²) in [5.41, 5.74) is 3.42. The van der Waals surface area contributed by atoms with Crippen LogP contribution in [0.1, 0.15) is 27.0 Å². The van der Waals surface area contributed by atoms with Gasteiger partial charge in [0.05, 0.1) is 10.9 Å². The number of aromatic carboxylic acids is 1. The maximum atomic E-state index is 13.5. The van der Waals surface area contributed by atoms with Gasteiger partial charge in [0.25, 0.3) is 5.56 Å². The number of benzene rings is 2. The Morgan fingerprint density at radius 2 is 1.91 bits per heavy atom. The molecule has 5 rings (SSSR count). The standard InChI is InChI=1S/C25H21N3O4S/c1-15-5-4-8-17(11-15)22-26-23-21(19(14-33-23)25(31)32)24(30)28(22)13-20(29)27-10-9-16-6-2-3-7-18(16)12-27/h2-8,11,14H,9-10,12-13H2,1H3,(H,31,32). The van der Waals surface area contributed by atoms with Crippen molar-refractivity contribution in [3.63, 3.8) is 0 Å². The van der Waals surface area contributed by atoms with Crippen LogP contribution in [-0.2, 0) is 24.3 Å². The molecule has 1 amide bonds. The third kappa shape index (κ3) is 3.82. The SMILES string of the molecule is Cc1cccc(-c2nc3scc(C(=O)O)c3c(=O)n2CC(=O)N2CCc3ccccc3C2)c1. The highest BCUT2D eigenvalue weighted by atomic mass is 32.1. The van der Waals surface area contributed by atoms with Crippen molar-refractivity contribution in [3.8, 4) is 11.4 Å². The lowest BCUT2D eigenvalue weighted by atomic mass is 10.00. The number of rotatable bonds is 4. The Morgan fingerprint density at radius 1 is 1.12 bits per heavy atom. The van der Waals surface area contributed by atoms with Gasteiger partial charge in [0.1, 0.15) is 17.2 Å². The van der Waals surface area contributed by atoms with E-state index in [9.17, 15) is 19.5 Å². The molecule has 0 atom stereocenters. The zero-order valence-corrected chi connectivity index (χ0v) is 18.8. The number of carboxylic acid groups (broad SMARTS) is 1. The van der Waals surface area contributed by atoms with E-state index in [-0.39, 0.29) is 23.4 Å². The minimum absolute atomic E-state index is 0.0423. The summed E-state index contributed by atoms with van der Waals surface area (Å²) in [6.07, 6.45) is 0.756. The summed E-state index contributed by atoms with van der Waals surface area (Å²) < 4.78 is 1.32. The number of aryl methyl sites for hydroxylation is 1. The van der Waals surface area contributed by atoms with Gasteiger partial charge in [-0.3, -0.25) is 14.2 Å². The highest BCUT2D eigenvalue weighted by Gasteiger charge is 2.25. The summed E-state index contributed by atoms with van der Waals surface area (Å²) in [6.45, 7) is 2.79. The van der Waals surface area contributed by atoms with Gasteiger partial charge in [-0.1, -0.05) is 48.0 Å². The molecule has 0 bridgehead atoms. The van der Waals surface area contributed by atoms with E-state index in [1.54, 1.807) is 4.90 Å². The molecule has 1 aliphatic rings. The molecule has 0 fully saturated rings. The first kappa shape index (κ1) is 21.1. The van der Waals surface area contributed by atoms with Gasteiger partial charge in [0.2, 0.25) is 5.91 Å². The number of carbonyl (C=O) groups is 2. The van der Waals surface area contributed by atoms with Crippen molar-refractivity contribution in [2.75, 3.05) is 6.54 Å². The summed E-state index contributed by atoms with van der Waals surface area (Å²) in [6, 6.07) is 15.6. The predicted molar refractivity (Wildman–Crippen MR) is 127 cm³/mol. The molecule has 4 aromatic rings. The summed E-state index contributed by atoms with van der Waals surface area (Å²) >= 11 is 1.12. The topological polar surface area (TPSA) is 92.5 Å². The third-order valence-corrected chi connectivity index (χ3v) is 6.85. The first-order valence-corrected chi connectivity index (χ1v) is 11.5. The summed E-state index contributed by atoms with van der Waals surface area (Å²) in [5, 5.41) is 11.0. The van der Waals surface area contributed by atoms with E-state index in [0.29, 0.717) is 29.3 Å². The van der Waals surface area contributed by atoms with Crippen LogP contribution >= 0.6 is 11.3 Å². The lowest BCUT2D eigenvalue weighted by Gasteiger charge is -2.29. The molecular formula is C25H21N3O4S. The van der Waals surface area contributed by atoms with Gasteiger partial charge in [-0.25, -0.2) is 9.78 Å². The lowest BCUT2D eigenvalue weighted by molar-refractivity contribution is -0.132. The van der Waals surface area contributed by atoms with E-state index >= 15 is 0 Å². The van der Waals surface area contributed by atoms with E-state index in [4.69, 9.17) is 0 Å². The van der Waals surface area contributed by atoms with Crippen LogP contribution in [0.5, 0.6) is 0 Å². The number of nitrogens with zero attached hydrogens (tertiary/aromatic N) is 3. The van der Waals surface area contributed by atoms with Gasteiger partial charge in [-0.2, -0.15) is 0 Å². The third-order valence-electron chi connectivity index (χ3n) is 5.98. The first-order valence-electron chi connectivity index (χ1n) is 10.6. The summed E-state index contributed by atoms with van der Waals surface area (Å²) in [7, 11) is 0. The zero-order chi connectivity index (χ0) is 23.1. The summed E-state index contributed by atoms with van der Waals surface area (Å²) in [4.78, 5) is 45.2. The molecule has 3 heterocycles. The van der Waals surface area contributed by atoms with Crippen LogP contribution in [0.4, 0.5) is 0 Å². The van der Waals surface area contributed by atoms with Crippen LogP contribution in [0.15, 0.2) is 58.7 Å². The molecule has 7 nitrogen and oxygen atoms in total. The van der Waals surface area contributed by atoms with Crippen LogP contribution in [-0.4, -0.2) is 38.0 Å². The number of fused-ring (bicyclic) bond motifs is 2. The van der Waals surface area contributed by atoms with E-state index in [1.807, 2.05) is 49.4 Å². The molecule has 1 aliphatic heterocycles. The van der Waals surface area contributed by atoms with Crippen LogP contribution in [0.2, 0.25) is 0 Å². The molecule has 8 heteroatoms. The second kappa shape index (κ2) is 8.29. The molecule has 0 saturated carbocycles. The molecule has 2 aromatic heterocycles. The van der Waals surface area contributed by atoms with Crippen molar-refractivity contribution in [1.29, 1.82) is 0 Å². The van der Waals surface area contributed by atoms with Crippen LogP contribution < -0.4 is 5.56 Å². The van der Waals surface area contributed by atoms with Crippen molar-refractivity contribution < 1.29 is 14.7 Å². The molecule has 166 valence electrons. The maximum absolute atomic E-state index is 13.5. The number of hydrogen-bond donors (Lipinski definition) is 1. The van der Waals surface area contributed by atoms with Gasteiger partial charge in [0.15, 0.2) is 0 Å². The molecule has 0 saturated heterocycles. The molecule has 2 aromatic carbocycles. The van der Waals surface area contributed by atoms with Crippen molar-refractivity contribution in [2.45, 2.75) is 26.4 Å². The maximum Gasteiger partial charge on any atom is 0.337 e. The van der Waals surface area contributed by atoms with E-state index < -0.39 is 11.5 Å². The van der Waals surface area contributed by atoms with E-state index in [1.165, 1.54) is 15.5 Å². The Morgan fingerprint density at radius 3 is 2.67 bits per heavy atom. The molecule has 0 spiro atoms. The van der Waals surface area contributed by atoms with Crippen molar-refractivity contribution >= 4 is 33.4 Å². The number of amides is 1. The molecule has 0 unspecified atom stereocenters. The van der Waals surface area contributed by atoms with Crippen LogP contribution in [0.25, 0.3) is 21.6 Å². The number of aromatic nitrogens is 2. The first-order chi connectivity index (χ1) is 15.9. The Hall–Kier alpha value is -3.78. The number of carboxylic acids is 1. The Bertz CT molecular complexity index is 1470. The van der Waals surface area contributed by atoms with Gasteiger partial charge in [0, 0.05) is 24.0 Å². The lowest BCUT2D eigenvalue weighted by Crippen LogP contribution is -2.40. The Labute approximate surface area is 193 Å². The van der Waals surface area contributed by atoms with Gasteiger partial charge < -0.3 is 10.0 Å². The largest absolute Gasteiger partial charge is 0.478 e. The number of hydrogen-bond acceptors (Lipinski definition) is 5. The zero-order valence-electron chi connectivity index (χ0n) is 17.9. The monoisotopic (exact) mass is 459 g/mol. The van der Waals surface area contributed by atoms with E-state index in [2.05, 4.69) is 11.1 Å². The average Bonchev–Trinajstić information content (AvgIpc) is 3.25. The quantitative estimate of drug-likeness (QED) is 0.502. The fraction of sp³-hybridized carbons (Fsp3) is 0.200. The highest BCUT2D eigenvalue weighted by molar-refractivity contribution is 7.17. The Kier molecular flexibility index (Phi) is 5.30. The minimum atomic E-state index is -1.19. The number of carbonyl (C=O) groups excluding carboxylic acids is 1. The smallest absolute Gasteiger partial charge is 0.337 e. The van der Waals surface area contributed by atoms with Crippen LogP contribution in [0, 0.1) is 6.92 Å². The Balaban J connectivity index is 1.60. The number of thiophene rings is 1. The fourth-order valence-electron chi connectivity index (χ4n) is 4.28. The predicted octanol–water partition coefficient (Wildman–Crippen LogP) is 3.72. The van der Waals surface area contributed by atoms with Crippen molar-refractivity contribution in [1.82, 2.24) is 14.5 Å². The van der Waals surface area contributed by atoms with Gasteiger partial charge in [-0.15, -0.1) is 11.3 Å². The van der Waals surface area contributed by atoms with Gasteiger partial charge in [-0.05, 0) is 30.5 Å². The molecule has 0 aliphatic carbocycles. The molecule has 1 N–H and O–H groups in total. The van der Waals surface area contributed by atoms with Crippen molar-refractivity contribution in [2.24, 2.45) is 0 Å². The normalized spacial score (nSPS) is 13.2. The molecule has 0 radical (unpaired) electrons. The van der Waals surface area contributed by atoms with Crippen molar-refractivity contribution in [3.05, 3.63) is 86.5 Å². The highest BCUT2D eigenvalue weighted by Crippen LogP contribution is 2.26.